The minimum atomic E-state index is -0.643. The molecular weight excluding hydrogens is 254 g/mol. The van der Waals surface area contributed by atoms with Crippen molar-refractivity contribution in [1.29, 1.82) is 0 Å². The van der Waals surface area contributed by atoms with E-state index in [0.29, 0.717) is 18.4 Å². The maximum atomic E-state index is 12.9. The van der Waals surface area contributed by atoms with E-state index in [1.807, 2.05) is 16.8 Å². The number of hydrogen-bond donors (Lipinski definition) is 0. The standard InChI is InChI=1S/C14H12F2OS/c15-12-5-11(6-13(16)8-12)7-14(17)2-1-10-3-4-18-9-10/h3-6,8-9H,1-2,7H2. The molecule has 0 radical (unpaired) electrons. The summed E-state index contributed by atoms with van der Waals surface area (Å²) >= 11 is 1.59. The quantitative estimate of drug-likeness (QED) is 0.805. The Morgan fingerprint density at radius 1 is 1.11 bits per heavy atom. The molecule has 1 aromatic heterocycles. The summed E-state index contributed by atoms with van der Waals surface area (Å²) in [4.78, 5) is 11.7. The van der Waals surface area contributed by atoms with Crippen molar-refractivity contribution in [3.63, 3.8) is 0 Å². The van der Waals surface area contributed by atoms with Crippen LogP contribution in [-0.2, 0) is 17.6 Å². The van der Waals surface area contributed by atoms with Gasteiger partial charge < -0.3 is 0 Å². The molecule has 1 aromatic carbocycles. The summed E-state index contributed by atoms with van der Waals surface area (Å²) in [5.41, 5.74) is 1.52. The average Bonchev–Trinajstić information content (AvgIpc) is 2.77. The summed E-state index contributed by atoms with van der Waals surface area (Å²) in [7, 11) is 0. The van der Waals surface area contributed by atoms with Gasteiger partial charge in [-0.2, -0.15) is 11.3 Å². The van der Waals surface area contributed by atoms with Crippen LogP contribution in [0, 0.1) is 11.6 Å². The van der Waals surface area contributed by atoms with E-state index in [4.69, 9.17) is 0 Å². The van der Waals surface area contributed by atoms with E-state index in [9.17, 15) is 13.6 Å². The largest absolute Gasteiger partial charge is 0.299 e. The van der Waals surface area contributed by atoms with Crippen molar-refractivity contribution in [2.75, 3.05) is 0 Å². The van der Waals surface area contributed by atoms with Crippen molar-refractivity contribution in [2.24, 2.45) is 0 Å². The topological polar surface area (TPSA) is 17.1 Å². The molecule has 0 unspecified atom stereocenters. The van der Waals surface area contributed by atoms with Crippen LogP contribution >= 0.6 is 11.3 Å². The molecule has 18 heavy (non-hydrogen) atoms. The van der Waals surface area contributed by atoms with Gasteiger partial charge in [-0.05, 0) is 46.5 Å². The predicted octanol–water partition coefficient (Wildman–Crippen LogP) is 3.77. The van der Waals surface area contributed by atoms with E-state index in [0.717, 1.165) is 11.6 Å². The Morgan fingerprint density at radius 3 is 2.44 bits per heavy atom. The van der Waals surface area contributed by atoms with Crippen LogP contribution in [0.2, 0.25) is 0 Å². The summed E-state index contributed by atoms with van der Waals surface area (Å²) in [5.74, 6) is -1.29. The fourth-order valence-electron chi connectivity index (χ4n) is 1.75. The van der Waals surface area contributed by atoms with Crippen LogP contribution in [0.3, 0.4) is 0 Å². The summed E-state index contributed by atoms with van der Waals surface area (Å²) in [6, 6.07) is 5.18. The van der Waals surface area contributed by atoms with Crippen LogP contribution in [0.5, 0.6) is 0 Å². The minimum Gasteiger partial charge on any atom is -0.299 e. The lowest BCUT2D eigenvalue weighted by atomic mass is 10.0. The van der Waals surface area contributed by atoms with Gasteiger partial charge in [-0.25, -0.2) is 8.78 Å². The van der Waals surface area contributed by atoms with Crippen LogP contribution < -0.4 is 0 Å². The highest BCUT2D eigenvalue weighted by Gasteiger charge is 2.07. The van der Waals surface area contributed by atoms with Crippen LogP contribution in [0.15, 0.2) is 35.0 Å². The molecule has 0 spiro atoms. The number of halogens is 2. The number of hydrogen-bond acceptors (Lipinski definition) is 2. The van der Waals surface area contributed by atoms with Gasteiger partial charge in [-0.1, -0.05) is 0 Å². The number of Topliss-reactive ketones (excluding diaryl/α,β-unsaturated/α-hetero) is 1. The van der Waals surface area contributed by atoms with Crippen molar-refractivity contribution < 1.29 is 13.6 Å². The second-order valence-corrected chi connectivity index (χ2v) is 4.90. The lowest BCUT2D eigenvalue weighted by Gasteiger charge is -2.02. The van der Waals surface area contributed by atoms with E-state index >= 15 is 0 Å². The molecule has 0 aliphatic rings. The number of aryl methyl sites for hydroxylation is 1. The Hall–Kier alpha value is -1.55. The molecule has 0 saturated heterocycles. The molecule has 0 amide bonds. The molecule has 0 aliphatic heterocycles. The third kappa shape index (κ3) is 3.74. The molecule has 2 aromatic rings. The van der Waals surface area contributed by atoms with Crippen LogP contribution in [0.4, 0.5) is 8.78 Å². The first kappa shape index (κ1) is 12.9. The number of carbonyl (C=O) groups is 1. The summed E-state index contributed by atoms with van der Waals surface area (Å²) < 4.78 is 25.9. The number of ketones is 1. The molecule has 0 saturated carbocycles. The van der Waals surface area contributed by atoms with Gasteiger partial charge in [0.05, 0.1) is 0 Å². The van der Waals surface area contributed by atoms with Crippen molar-refractivity contribution in [2.45, 2.75) is 19.3 Å². The first-order chi connectivity index (χ1) is 8.63. The third-order valence-corrected chi connectivity index (χ3v) is 3.33. The molecule has 0 fully saturated rings. The zero-order valence-corrected chi connectivity index (χ0v) is 10.5. The Morgan fingerprint density at radius 2 is 1.83 bits per heavy atom. The Balaban J connectivity index is 1.90. The number of thiophene rings is 1. The van der Waals surface area contributed by atoms with E-state index < -0.39 is 11.6 Å². The molecule has 94 valence electrons. The zero-order chi connectivity index (χ0) is 13.0. The highest BCUT2D eigenvalue weighted by Crippen LogP contribution is 2.12. The van der Waals surface area contributed by atoms with Crippen LogP contribution in [0.1, 0.15) is 17.5 Å². The second kappa shape index (κ2) is 5.87. The summed E-state index contributed by atoms with van der Waals surface area (Å²) in [6.45, 7) is 0. The van der Waals surface area contributed by atoms with Gasteiger partial charge in [0.15, 0.2) is 0 Å². The molecule has 0 bridgehead atoms. The van der Waals surface area contributed by atoms with Gasteiger partial charge in [0.25, 0.3) is 0 Å². The average molecular weight is 266 g/mol. The van der Waals surface area contributed by atoms with Gasteiger partial charge in [0.1, 0.15) is 17.4 Å². The third-order valence-electron chi connectivity index (χ3n) is 2.60. The van der Waals surface area contributed by atoms with Crippen LogP contribution in [-0.4, -0.2) is 5.78 Å². The number of benzene rings is 1. The van der Waals surface area contributed by atoms with Gasteiger partial charge in [0, 0.05) is 18.9 Å². The summed E-state index contributed by atoms with van der Waals surface area (Å²) in [6.07, 6.45) is 1.16. The molecule has 1 nitrogen and oxygen atoms in total. The lowest BCUT2D eigenvalue weighted by Crippen LogP contribution is -2.04. The Labute approximate surface area is 108 Å². The second-order valence-electron chi connectivity index (χ2n) is 4.12. The van der Waals surface area contributed by atoms with Gasteiger partial charge in [0.2, 0.25) is 0 Å². The van der Waals surface area contributed by atoms with Crippen LogP contribution in [0.25, 0.3) is 0 Å². The molecule has 0 atom stereocenters. The fourth-order valence-corrected chi connectivity index (χ4v) is 2.45. The summed E-state index contributed by atoms with van der Waals surface area (Å²) in [5, 5.41) is 3.96. The fraction of sp³-hybridized carbons (Fsp3) is 0.214. The predicted molar refractivity (Wildman–Crippen MR) is 67.7 cm³/mol. The Kier molecular flexibility index (Phi) is 4.20. The van der Waals surface area contributed by atoms with Gasteiger partial charge in [-0.15, -0.1) is 0 Å². The van der Waals surface area contributed by atoms with Gasteiger partial charge >= 0.3 is 0 Å². The molecule has 2 rings (SSSR count). The SMILES string of the molecule is O=C(CCc1ccsc1)Cc1cc(F)cc(F)c1. The lowest BCUT2D eigenvalue weighted by molar-refractivity contribution is -0.118. The van der Waals surface area contributed by atoms with Crippen molar-refractivity contribution in [1.82, 2.24) is 0 Å². The minimum absolute atomic E-state index is 0.00815. The molecule has 4 heteroatoms. The van der Waals surface area contributed by atoms with Gasteiger partial charge in [-0.3, -0.25) is 4.79 Å². The van der Waals surface area contributed by atoms with Crippen molar-refractivity contribution in [3.05, 3.63) is 57.8 Å². The van der Waals surface area contributed by atoms with E-state index in [2.05, 4.69) is 0 Å². The highest BCUT2D eigenvalue weighted by molar-refractivity contribution is 7.07. The monoisotopic (exact) mass is 266 g/mol. The van der Waals surface area contributed by atoms with Crippen molar-refractivity contribution in [3.8, 4) is 0 Å². The Bertz CT molecular complexity index is 514. The first-order valence-corrected chi connectivity index (χ1v) is 6.55. The van der Waals surface area contributed by atoms with Crippen molar-refractivity contribution >= 4 is 17.1 Å². The smallest absolute Gasteiger partial charge is 0.137 e. The normalized spacial score (nSPS) is 10.6. The zero-order valence-electron chi connectivity index (χ0n) is 9.66. The number of rotatable bonds is 5. The molecule has 0 aliphatic carbocycles. The van der Waals surface area contributed by atoms with E-state index in [-0.39, 0.29) is 12.2 Å². The van der Waals surface area contributed by atoms with E-state index in [1.54, 1.807) is 11.3 Å². The molecule has 1 heterocycles. The number of carbonyl (C=O) groups excluding carboxylic acids is 1. The maximum Gasteiger partial charge on any atom is 0.137 e. The molecular formula is C14H12F2OS. The first-order valence-electron chi connectivity index (χ1n) is 5.61. The molecule has 0 N–H and O–H groups in total. The highest BCUT2D eigenvalue weighted by atomic mass is 32.1. The maximum absolute atomic E-state index is 12.9. The van der Waals surface area contributed by atoms with E-state index in [1.165, 1.54) is 12.1 Å².